The van der Waals surface area contributed by atoms with Gasteiger partial charge in [0.15, 0.2) is 23.5 Å². The molecule has 1 aliphatic carbocycles. The smallest absolute Gasteiger partial charge is 0.234 e. The third-order valence-corrected chi connectivity index (χ3v) is 6.84. The van der Waals surface area contributed by atoms with E-state index in [4.69, 9.17) is 18.9 Å². The number of amides is 1. The van der Waals surface area contributed by atoms with Crippen molar-refractivity contribution in [2.45, 2.75) is 25.6 Å². The zero-order chi connectivity index (χ0) is 25.7. The monoisotopic (exact) mass is 500 g/mol. The number of allylic oxidation sites excluding steroid dienone is 2. The molecule has 2 saturated heterocycles. The van der Waals surface area contributed by atoms with Crippen LogP contribution in [0.25, 0.3) is 0 Å². The third kappa shape index (κ3) is 5.76. The first-order valence-corrected chi connectivity index (χ1v) is 12.3. The fraction of sp³-hybridized carbons (Fsp3) is 0.538. The minimum Gasteiger partial charge on any atom is -0.493 e. The number of hydrogen-bond acceptors (Lipinski definition) is 9. The molecular weight excluding hydrogens is 464 g/mol. The summed E-state index contributed by atoms with van der Waals surface area (Å²) >= 11 is 0. The summed E-state index contributed by atoms with van der Waals surface area (Å²) < 4.78 is 22.4. The molecule has 0 aromatic heterocycles. The van der Waals surface area contributed by atoms with Crippen LogP contribution in [0.3, 0.4) is 0 Å². The van der Waals surface area contributed by atoms with Gasteiger partial charge in [0.1, 0.15) is 5.76 Å². The van der Waals surface area contributed by atoms with Crippen LogP contribution in [0.5, 0.6) is 17.2 Å². The first-order chi connectivity index (χ1) is 17.4. The molecule has 1 N–H and O–H groups in total. The molecule has 36 heavy (non-hydrogen) atoms. The van der Waals surface area contributed by atoms with Crippen molar-refractivity contribution in [3.63, 3.8) is 0 Å². The maximum absolute atomic E-state index is 12.5. The lowest BCUT2D eigenvalue weighted by Crippen LogP contribution is -2.49. The molecule has 10 nitrogen and oxygen atoms in total. The molecule has 0 radical (unpaired) electrons. The Kier molecular flexibility index (Phi) is 8.37. The highest BCUT2D eigenvalue weighted by Crippen LogP contribution is 2.40. The summed E-state index contributed by atoms with van der Waals surface area (Å²) in [5.74, 6) is 2.63. The maximum Gasteiger partial charge on any atom is 0.234 e. The van der Waals surface area contributed by atoms with Gasteiger partial charge in [-0.2, -0.15) is 0 Å². The lowest BCUT2D eigenvalue weighted by molar-refractivity contribution is -0.122. The van der Waals surface area contributed by atoms with Gasteiger partial charge in [-0.1, -0.05) is 6.07 Å². The number of rotatable bonds is 10. The van der Waals surface area contributed by atoms with Gasteiger partial charge in [0, 0.05) is 70.8 Å². The summed E-state index contributed by atoms with van der Waals surface area (Å²) in [4.78, 5) is 30.7. The quantitative estimate of drug-likeness (QED) is 0.511. The molecule has 2 fully saturated rings. The third-order valence-electron chi connectivity index (χ3n) is 6.84. The van der Waals surface area contributed by atoms with Crippen molar-refractivity contribution in [3.8, 4) is 17.2 Å². The molecule has 3 aliphatic rings. The van der Waals surface area contributed by atoms with E-state index in [2.05, 4.69) is 15.1 Å². The van der Waals surface area contributed by atoms with E-state index in [0.29, 0.717) is 48.9 Å². The second-order valence-electron chi connectivity index (χ2n) is 9.14. The number of likely N-dealkylation sites (N-methyl/N-ethyl adjacent to an activating group) is 1. The average Bonchev–Trinajstić information content (AvgIpc) is 3.18. The van der Waals surface area contributed by atoms with Gasteiger partial charge in [0.2, 0.25) is 11.7 Å². The van der Waals surface area contributed by atoms with Crippen LogP contribution in [0.15, 0.2) is 35.7 Å². The number of nitrogens with one attached hydrogen (secondary N) is 1. The molecule has 0 saturated carbocycles. The number of ether oxygens (including phenoxy) is 4. The van der Waals surface area contributed by atoms with E-state index in [1.165, 1.54) is 0 Å². The minimum atomic E-state index is -0.175. The maximum atomic E-state index is 12.5. The number of methoxy groups -OCH3 is 3. The number of ketones is 1. The standard InChI is InChI=1S/C26H36N4O6/c1-28-20-7-6-19(31)15-22(20)36-24(28)9-10-27-23(32)17-30-13-11-29(12-14-30)16-18-5-8-21(33-2)26(35-4)25(18)34-3/h5,7-8,15,24H,6,9-14,16-17H2,1-4H3,(H,27,32). The van der Waals surface area contributed by atoms with Crippen LogP contribution in [-0.2, 0) is 20.9 Å². The van der Waals surface area contributed by atoms with Crippen molar-refractivity contribution >= 4 is 11.7 Å². The predicted molar refractivity (Wildman–Crippen MR) is 134 cm³/mol. The van der Waals surface area contributed by atoms with Crippen LogP contribution < -0.4 is 19.5 Å². The Morgan fingerprint density at radius 1 is 1.06 bits per heavy atom. The molecule has 2 aliphatic heterocycles. The molecule has 4 rings (SSSR count). The first kappa shape index (κ1) is 25.8. The zero-order valence-corrected chi connectivity index (χ0v) is 21.5. The number of benzene rings is 1. The van der Waals surface area contributed by atoms with Gasteiger partial charge < -0.3 is 29.2 Å². The molecule has 0 spiro atoms. The van der Waals surface area contributed by atoms with Gasteiger partial charge >= 0.3 is 0 Å². The SMILES string of the molecule is COc1ccc(CN2CCN(CC(=O)NCCC3OC4=CC(=O)CC=C4N3C)CC2)c(OC)c1OC. The number of carbonyl (C=O) groups is 2. The Bertz CT molecular complexity index is 1030. The Balaban J connectivity index is 1.19. The van der Waals surface area contributed by atoms with Crippen LogP contribution in [0.4, 0.5) is 0 Å². The normalized spacial score (nSPS) is 20.3. The van der Waals surface area contributed by atoms with Crippen LogP contribution in [0.1, 0.15) is 18.4 Å². The Morgan fingerprint density at radius 3 is 2.47 bits per heavy atom. The molecule has 1 unspecified atom stereocenters. The number of nitrogens with zero attached hydrogens (tertiary/aromatic N) is 3. The fourth-order valence-corrected chi connectivity index (χ4v) is 4.85. The molecule has 1 aromatic rings. The Hall–Kier alpha value is -3.24. The lowest BCUT2D eigenvalue weighted by Gasteiger charge is -2.34. The van der Waals surface area contributed by atoms with Crippen LogP contribution >= 0.6 is 0 Å². The van der Waals surface area contributed by atoms with Crippen molar-refractivity contribution < 1.29 is 28.5 Å². The van der Waals surface area contributed by atoms with Gasteiger partial charge in [-0.25, -0.2) is 0 Å². The number of carbonyl (C=O) groups excluding carboxylic acids is 2. The molecule has 0 bridgehead atoms. The average molecular weight is 501 g/mol. The van der Waals surface area contributed by atoms with Crippen LogP contribution in [-0.4, -0.2) is 100 Å². The van der Waals surface area contributed by atoms with Crippen molar-refractivity contribution in [2.24, 2.45) is 0 Å². The highest BCUT2D eigenvalue weighted by atomic mass is 16.5. The number of piperazine rings is 1. The topological polar surface area (TPSA) is 92.8 Å². The molecule has 1 aromatic carbocycles. The summed E-state index contributed by atoms with van der Waals surface area (Å²) in [5, 5.41) is 3.01. The summed E-state index contributed by atoms with van der Waals surface area (Å²) in [5.41, 5.74) is 1.99. The molecule has 1 atom stereocenters. The van der Waals surface area contributed by atoms with Gasteiger partial charge in [-0.3, -0.25) is 19.4 Å². The number of fused-ring (bicyclic) bond motifs is 1. The molecular formula is C26H36N4O6. The van der Waals surface area contributed by atoms with E-state index in [9.17, 15) is 9.59 Å². The largest absolute Gasteiger partial charge is 0.493 e. The predicted octanol–water partition coefficient (Wildman–Crippen LogP) is 1.37. The lowest BCUT2D eigenvalue weighted by atomic mass is 10.1. The summed E-state index contributed by atoms with van der Waals surface area (Å²) in [6.07, 6.45) is 4.34. The highest BCUT2D eigenvalue weighted by molar-refractivity contribution is 5.93. The van der Waals surface area contributed by atoms with E-state index in [1.807, 2.05) is 30.2 Å². The second-order valence-corrected chi connectivity index (χ2v) is 9.14. The van der Waals surface area contributed by atoms with E-state index in [-0.39, 0.29) is 17.9 Å². The molecule has 196 valence electrons. The molecule has 2 heterocycles. The van der Waals surface area contributed by atoms with Crippen LogP contribution in [0.2, 0.25) is 0 Å². The van der Waals surface area contributed by atoms with Crippen LogP contribution in [0, 0.1) is 0 Å². The van der Waals surface area contributed by atoms with Crippen molar-refractivity contribution in [2.75, 3.05) is 67.6 Å². The van der Waals surface area contributed by atoms with E-state index in [1.54, 1.807) is 27.4 Å². The number of hydrogen-bond donors (Lipinski definition) is 1. The zero-order valence-electron chi connectivity index (χ0n) is 21.5. The van der Waals surface area contributed by atoms with E-state index in [0.717, 1.165) is 44.0 Å². The van der Waals surface area contributed by atoms with Gasteiger partial charge in [-0.05, 0) is 12.1 Å². The van der Waals surface area contributed by atoms with Gasteiger partial charge in [-0.15, -0.1) is 0 Å². The van der Waals surface area contributed by atoms with E-state index < -0.39 is 0 Å². The second kappa shape index (κ2) is 11.7. The Labute approximate surface area is 212 Å². The molecule has 1 amide bonds. The summed E-state index contributed by atoms with van der Waals surface area (Å²) in [6.45, 7) is 4.96. The van der Waals surface area contributed by atoms with E-state index >= 15 is 0 Å². The van der Waals surface area contributed by atoms with Crippen molar-refractivity contribution in [1.29, 1.82) is 0 Å². The van der Waals surface area contributed by atoms with Crippen molar-refractivity contribution in [3.05, 3.63) is 41.3 Å². The van der Waals surface area contributed by atoms with Crippen molar-refractivity contribution in [1.82, 2.24) is 20.0 Å². The fourth-order valence-electron chi connectivity index (χ4n) is 4.85. The summed E-state index contributed by atoms with van der Waals surface area (Å²) in [6, 6.07) is 3.90. The van der Waals surface area contributed by atoms with Gasteiger partial charge in [0.05, 0.1) is 33.6 Å². The Morgan fingerprint density at radius 2 is 1.78 bits per heavy atom. The summed E-state index contributed by atoms with van der Waals surface area (Å²) in [7, 11) is 6.80. The first-order valence-electron chi connectivity index (χ1n) is 12.3. The highest BCUT2D eigenvalue weighted by Gasteiger charge is 2.32. The van der Waals surface area contributed by atoms with Gasteiger partial charge in [0.25, 0.3) is 0 Å². The molecule has 10 heteroatoms. The minimum absolute atomic E-state index is 0.0108.